The van der Waals surface area contributed by atoms with E-state index < -0.39 is 0 Å². The highest BCUT2D eigenvalue weighted by atomic mass is 35.5. The fraction of sp³-hybridized carbons (Fsp3) is 0.235. The van der Waals surface area contributed by atoms with Gasteiger partial charge in [-0.25, -0.2) is 0 Å². The van der Waals surface area contributed by atoms with Crippen LogP contribution in [0.4, 0.5) is 5.69 Å². The summed E-state index contributed by atoms with van der Waals surface area (Å²) in [6.07, 6.45) is 1.89. The van der Waals surface area contributed by atoms with Gasteiger partial charge in [0.15, 0.2) is 0 Å². The maximum absolute atomic E-state index is 12.7. The molecule has 0 aromatic heterocycles. The standard InChI is InChI=1S/C17H18ClNO2/c1-2-3-12-19(13-8-10-14(20)11-9-13)17(21)15-6-4-5-7-16(15)18/h4-11,20H,2-3,12H2,1H3. The summed E-state index contributed by atoms with van der Waals surface area (Å²) in [5, 5.41) is 9.84. The number of nitrogens with zero attached hydrogens (tertiary/aromatic N) is 1. The molecule has 2 aromatic rings. The van der Waals surface area contributed by atoms with Crippen molar-refractivity contribution in [2.24, 2.45) is 0 Å². The van der Waals surface area contributed by atoms with Crippen LogP contribution in [-0.4, -0.2) is 17.6 Å². The zero-order valence-electron chi connectivity index (χ0n) is 11.9. The molecule has 0 aliphatic rings. The van der Waals surface area contributed by atoms with Crippen molar-refractivity contribution in [1.29, 1.82) is 0 Å². The molecule has 3 nitrogen and oxygen atoms in total. The van der Waals surface area contributed by atoms with Crippen LogP contribution in [0, 0.1) is 0 Å². The lowest BCUT2D eigenvalue weighted by molar-refractivity contribution is 0.0986. The van der Waals surface area contributed by atoms with Crippen LogP contribution in [0.15, 0.2) is 48.5 Å². The fourth-order valence-corrected chi connectivity index (χ4v) is 2.29. The predicted molar refractivity (Wildman–Crippen MR) is 86.1 cm³/mol. The molecule has 0 atom stereocenters. The van der Waals surface area contributed by atoms with E-state index in [2.05, 4.69) is 6.92 Å². The lowest BCUT2D eigenvalue weighted by Gasteiger charge is -2.23. The number of anilines is 1. The second kappa shape index (κ2) is 7.14. The molecule has 1 amide bonds. The fourth-order valence-electron chi connectivity index (χ4n) is 2.08. The van der Waals surface area contributed by atoms with Crippen molar-refractivity contribution < 1.29 is 9.90 Å². The first-order valence-electron chi connectivity index (χ1n) is 6.99. The first-order valence-corrected chi connectivity index (χ1v) is 7.36. The highest BCUT2D eigenvalue weighted by molar-refractivity contribution is 6.34. The number of halogens is 1. The van der Waals surface area contributed by atoms with Crippen molar-refractivity contribution in [3.8, 4) is 5.75 Å². The molecule has 0 saturated heterocycles. The van der Waals surface area contributed by atoms with Crippen molar-refractivity contribution in [1.82, 2.24) is 0 Å². The molecular weight excluding hydrogens is 286 g/mol. The van der Waals surface area contributed by atoms with Crippen LogP contribution >= 0.6 is 11.6 Å². The second-order valence-corrected chi connectivity index (χ2v) is 5.21. The topological polar surface area (TPSA) is 40.5 Å². The molecule has 21 heavy (non-hydrogen) atoms. The number of unbranched alkanes of at least 4 members (excludes halogenated alkanes) is 1. The van der Waals surface area contributed by atoms with Crippen LogP contribution in [-0.2, 0) is 0 Å². The molecule has 0 bridgehead atoms. The third-order valence-corrected chi connectivity index (χ3v) is 3.58. The third kappa shape index (κ3) is 3.76. The average Bonchev–Trinajstić information content (AvgIpc) is 2.49. The highest BCUT2D eigenvalue weighted by Gasteiger charge is 2.19. The molecule has 4 heteroatoms. The lowest BCUT2D eigenvalue weighted by Crippen LogP contribution is -2.32. The monoisotopic (exact) mass is 303 g/mol. The van der Waals surface area contributed by atoms with Crippen LogP contribution in [0.3, 0.4) is 0 Å². The van der Waals surface area contributed by atoms with Crippen molar-refractivity contribution >= 4 is 23.2 Å². The summed E-state index contributed by atoms with van der Waals surface area (Å²) < 4.78 is 0. The quantitative estimate of drug-likeness (QED) is 0.884. The van der Waals surface area contributed by atoms with Crippen molar-refractivity contribution in [3.63, 3.8) is 0 Å². The van der Waals surface area contributed by atoms with E-state index >= 15 is 0 Å². The minimum absolute atomic E-state index is 0.125. The number of amides is 1. The molecule has 110 valence electrons. The van der Waals surface area contributed by atoms with Crippen LogP contribution < -0.4 is 4.90 Å². The number of carbonyl (C=O) groups excluding carboxylic acids is 1. The summed E-state index contributed by atoms with van der Waals surface area (Å²) >= 11 is 6.12. The largest absolute Gasteiger partial charge is 0.508 e. The molecule has 2 aromatic carbocycles. The Balaban J connectivity index is 2.33. The van der Waals surface area contributed by atoms with Gasteiger partial charge in [-0.05, 0) is 42.8 Å². The van der Waals surface area contributed by atoms with Gasteiger partial charge in [0.25, 0.3) is 5.91 Å². The smallest absolute Gasteiger partial charge is 0.259 e. The minimum atomic E-state index is -0.125. The molecule has 0 aliphatic heterocycles. The summed E-state index contributed by atoms with van der Waals surface area (Å²) in [6.45, 7) is 2.69. The Bertz CT molecular complexity index is 610. The van der Waals surface area contributed by atoms with E-state index in [1.165, 1.54) is 0 Å². The molecular formula is C17H18ClNO2. The van der Waals surface area contributed by atoms with E-state index in [-0.39, 0.29) is 11.7 Å². The Hall–Kier alpha value is -2.00. The van der Waals surface area contributed by atoms with Gasteiger partial charge in [-0.1, -0.05) is 37.1 Å². The summed E-state index contributed by atoms with van der Waals surface area (Å²) in [6, 6.07) is 13.7. The zero-order chi connectivity index (χ0) is 15.2. The van der Waals surface area contributed by atoms with Gasteiger partial charge in [-0.15, -0.1) is 0 Å². The molecule has 0 aliphatic carbocycles. The molecule has 1 N–H and O–H groups in total. The third-order valence-electron chi connectivity index (χ3n) is 3.25. The van der Waals surface area contributed by atoms with Crippen LogP contribution in [0.1, 0.15) is 30.1 Å². The van der Waals surface area contributed by atoms with Gasteiger partial charge in [0, 0.05) is 12.2 Å². The van der Waals surface area contributed by atoms with E-state index in [9.17, 15) is 9.90 Å². The molecule has 0 radical (unpaired) electrons. The normalized spacial score (nSPS) is 10.4. The summed E-state index contributed by atoms with van der Waals surface area (Å²) in [5.41, 5.74) is 1.24. The van der Waals surface area contributed by atoms with E-state index in [4.69, 9.17) is 11.6 Å². The molecule has 0 heterocycles. The Kier molecular flexibility index (Phi) is 5.23. The van der Waals surface area contributed by atoms with Gasteiger partial charge < -0.3 is 10.0 Å². The van der Waals surface area contributed by atoms with E-state index in [1.807, 2.05) is 0 Å². The summed E-state index contributed by atoms with van der Waals surface area (Å²) in [5.74, 6) is 0.0547. The van der Waals surface area contributed by atoms with E-state index in [0.717, 1.165) is 18.5 Å². The van der Waals surface area contributed by atoms with Gasteiger partial charge in [0.1, 0.15) is 5.75 Å². The van der Waals surface area contributed by atoms with Crippen molar-refractivity contribution in [2.75, 3.05) is 11.4 Å². The van der Waals surface area contributed by atoms with Crippen LogP contribution in [0.25, 0.3) is 0 Å². The first-order chi connectivity index (χ1) is 10.1. The first kappa shape index (κ1) is 15.4. The Labute approximate surface area is 129 Å². The Morgan fingerprint density at radius 3 is 2.43 bits per heavy atom. The number of phenols is 1. The van der Waals surface area contributed by atoms with Crippen molar-refractivity contribution in [3.05, 3.63) is 59.1 Å². The molecule has 0 saturated carbocycles. The van der Waals surface area contributed by atoms with Crippen molar-refractivity contribution in [2.45, 2.75) is 19.8 Å². The number of aromatic hydroxyl groups is 1. The highest BCUT2D eigenvalue weighted by Crippen LogP contribution is 2.24. The summed E-state index contributed by atoms with van der Waals surface area (Å²) in [7, 11) is 0. The summed E-state index contributed by atoms with van der Waals surface area (Å²) in [4.78, 5) is 14.4. The van der Waals surface area contributed by atoms with E-state index in [1.54, 1.807) is 53.4 Å². The molecule has 0 spiro atoms. The molecule has 0 unspecified atom stereocenters. The molecule has 0 fully saturated rings. The number of carbonyl (C=O) groups is 1. The number of hydrogen-bond acceptors (Lipinski definition) is 2. The number of phenolic OH excluding ortho intramolecular Hbond substituents is 1. The van der Waals surface area contributed by atoms with Gasteiger partial charge in [-0.2, -0.15) is 0 Å². The van der Waals surface area contributed by atoms with E-state index in [0.29, 0.717) is 17.1 Å². The Morgan fingerprint density at radius 1 is 1.14 bits per heavy atom. The Morgan fingerprint density at radius 2 is 1.81 bits per heavy atom. The van der Waals surface area contributed by atoms with Crippen LogP contribution in [0.5, 0.6) is 5.75 Å². The SMILES string of the molecule is CCCCN(C(=O)c1ccccc1Cl)c1ccc(O)cc1. The number of benzene rings is 2. The van der Waals surface area contributed by atoms with Gasteiger partial charge in [0.2, 0.25) is 0 Å². The minimum Gasteiger partial charge on any atom is -0.508 e. The number of rotatable bonds is 5. The maximum atomic E-state index is 12.7. The lowest BCUT2D eigenvalue weighted by atomic mass is 10.1. The second-order valence-electron chi connectivity index (χ2n) is 4.81. The molecule has 2 rings (SSSR count). The average molecular weight is 304 g/mol. The maximum Gasteiger partial charge on any atom is 0.259 e. The zero-order valence-corrected chi connectivity index (χ0v) is 12.7. The predicted octanol–water partition coefficient (Wildman–Crippen LogP) is 4.49. The van der Waals surface area contributed by atoms with Gasteiger partial charge >= 0.3 is 0 Å². The number of hydrogen-bond donors (Lipinski definition) is 1. The van der Waals surface area contributed by atoms with Crippen LogP contribution in [0.2, 0.25) is 5.02 Å². The van der Waals surface area contributed by atoms with Gasteiger partial charge in [0.05, 0.1) is 10.6 Å². The van der Waals surface area contributed by atoms with Gasteiger partial charge in [-0.3, -0.25) is 4.79 Å².